The molecule has 2 rings (SSSR count). The molecule has 0 saturated carbocycles. The number of ether oxygens (including phenoxy) is 1. The number of hydrogen-bond acceptors (Lipinski definition) is 5. The third kappa shape index (κ3) is 3.52. The van der Waals surface area contributed by atoms with Crippen molar-refractivity contribution in [1.29, 1.82) is 0 Å². The van der Waals surface area contributed by atoms with Crippen LogP contribution >= 0.6 is 11.5 Å². The van der Waals surface area contributed by atoms with Gasteiger partial charge in [0.05, 0.1) is 17.7 Å². The van der Waals surface area contributed by atoms with Crippen molar-refractivity contribution in [3.63, 3.8) is 0 Å². The average molecular weight is 277 g/mol. The van der Waals surface area contributed by atoms with E-state index in [0.29, 0.717) is 0 Å². The van der Waals surface area contributed by atoms with E-state index < -0.39 is 0 Å². The number of benzene rings is 1. The van der Waals surface area contributed by atoms with Crippen molar-refractivity contribution >= 4 is 11.5 Å². The van der Waals surface area contributed by atoms with Crippen LogP contribution in [-0.2, 0) is 12.8 Å². The van der Waals surface area contributed by atoms with Gasteiger partial charge in [-0.05, 0) is 42.1 Å². The van der Waals surface area contributed by atoms with Gasteiger partial charge in [-0.25, -0.2) is 0 Å². The van der Waals surface area contributed by atoms with Gasteiger partial charge >= 0.3 is 0 Å². The molecule has 2 aromatic rings. The van der Waals surface area contributed by atoms with Crippen molar-refractivity contribution < 1.29 is 4.74 Å². The van der Waals surface area contributed by atoms with E-state index in [0.717, 1.165) is 35.6 Å². The van der Waals surface area contributed by atoms with Crippen LogP contribution in [0.4, 0.5) is 0 Å². The zero-order valence-electron chi connectivity index (χ0n) is 11.3. The molecule has 2 N–H and O–H groups in total. The van der Waals surface area contributed by atoms with Crippen LogP contribution in [0.1, 0.15) is 35.5 Å². The first-order valence-electron chi connectivity index (χ1n) is 6.44. The van der Waals surface area contributed by atoms with Gasteiger partial charge in [0.2, 0.25) is 0 Å². The lowest BCUT2D eigenvalue weighted by atomic mass is 10.0. The SMILES string of the molecule is CCCc1nnsc1C(N)Cc1cccc(OC)c1. The molecule has 1 heterocycles. The molecule has 0 aliphatic heterocycles. The summed E-state index contributed by atoms with van der Waals surface area (Å²) in [6, 6.07) is 7.96. The molecular formula is C14H19N3OS. The molecule has 19 heavy (non-hydrogen) atoms. The van der Waals surface area contributed by atoms with Gasteiger partial charge in [0.25, 0.3) is 0 Å². The molecule has 0 radical (unpaired) electrons. The van der Waals surface area contributed by atoms with Crippen molar-refractivity contribution in [2.24, 2.45) is 5.73 Å². The number of rotatable bonds is 6. The highest BCUT2D eigenvalue weighted by Crippen LogP contribution is 2.24. The Labute approximate surface area is 117 Å². The molecule has 0 fully saturated rings. The molecule has 0 aliphatic carbocycles. The van der Waals surface area contributed by atoms with Crippen LogP contribution in [0.25, 0.3) is 0 Å². The average Bonchev–Trinajstić information content (AvgIpc) is 2.88. The summed E-state index contributed by atoms with van der Waals surface area (Å²) in [7, 11) is 1.67. The number of aryl methyl sites for hydroxylation is 1. The van der Waals surface area contributed by atoms with Crippen molar-refractivity contribution in [3.05, 3.63) is 40.4 Å². The Kier molecular flexibility index (Phi) is 4.87. The molecule has 0 amide bonds. The van der Waals surface area contributed by atoms with Gasteiger partial charge in [0.1, 0.15) is 5.75 Å². The number of nitrogens with zero attached hydrogens (tertiary/aromatic N) is 2. The molecule has 0 bridgehead atoms. The lowest BCUT2D eigenvalue weighted by Gasteiger charge is -2.11. The zero-order valence-corrected chi connectivity index (χ0v) is 12.1. The lowest BCUT2D eigenvalue weighted by molar-refractivity contribution is 0.414. The smallest absolute Gasteiger partial charge is 0.119 e. The molecule has 1 unspecified atom stereocenters. The van der Waals surface area contributed by atoms with E-state index in [1.54, 1.807) is 7.11 Å². The summed E-state index contributed by atoms with van der Waals surface area (Å²) in [6.45, 7) is 2.14. The van der Waals surface area contributed by atoms with E-state index >= 15 is 0 Å². The summed E-state index contributed by atoms with van der Waals surface area (Å²) in [5.41, 5.74) is 8.50. The Balaban J connectivity index is 2.11. The molecule has 0 spiro atoms. The third-order valence-corrected chi connectivity index (χ3v) is 3.90. The Hall–Kier alpha value is -1.46. The molecular weight excluding hydrogens is 258 g/mol. The van der Waals surface area contributed by atoms with E-state index in [2.05, 4.69) is 22.6 Å². The van der Waals surface area contributed by atoms with Crippen LogP contribution in [0.2, 0.25) is 0 Å². The van der Waals surface area contributed by atoms with Crippen LogP contribution in [-0.4, -0.2) is 16.7 Å². The van der Waals surface area contributed by atoms with E-state index in [1.165, 1.54) is 17.1 Å². The summed E-state index contributed by atoms with van der Waals surface area (Å²) >= 11 is 1.41. The van der Waals surface area contributed by atoms with Crippen LogP contribution in [0.5, 0.6) is 5.75 Å². The van der Waals surface area contributed by atoms with E-state index in [4.69, 9.17) is 10.5 Å². The highest BCUT2D eigenvalue weighted by molar-refractivity contribution is 7.05. The van der Waals surface area contributed by atoms with Crippen LogP contribution < -0.4 is 10.5 Å². The fourth-order valence-corrected chi connectivity index (χ4v) is 2.75. The van der Waals surface area contributed by atoms with Gasteiger partial charge in [-0.2, -0.15) is 0 Å². The largest absolute Gasteiger partial charge is 0.497 e. The van der Waals surface area contributed by atoms with Crippen molar-refractivity contribution in [3.8, 4) is 5.75 Å². The summed E-state index contributed by atoms with van der Waals surface area (Å²) in [5.74, 6) is 0.862. The quantitative estimate of drug-likeness (QED) is 0.882. The second kappa shape index (κ2) is 6.63. The summed E-state index contributed by atoms with van der Waals surface area (Å²) < 4.78 is 9.25. The van der Waals surface area contributed by atoms with Gasteiger partial charge < -0.3 is 10.5 Å². The highest BCUT2D eigenvalue weighted by Gasteiger charge is 2.15. The zero-order chi connectivity index (χ0) is 13.7. The number of aromatic nitrogens is 2. The number of hydrogen-bond donors (Lipinski definition) is 1. The fourth-order valence-electron chi connectivity index (χ4n) is 2.05. The Morgan fingerprint density at radius 3 is 3.00 bits per heavy atom. The molecule has 1 aromatic carbocycles. The summed E-state index contributed by atoms with van der Waals surface area (Å²) in [5, 5.41) is 4.17. The van der Waals surface area contributed by atoms with E-state index in [9.17, 15) is 0 Å². The Bertz CT molecular complexity index is 527. The van der Waals surface area contributed by atoms with Gasteiger partial charge in [-0.1, -0.05) is 30.0 Å². The Morgan fingerprint density at radius 2 is 2.26 bits per heavy atom. The first-order chi connectivity index (χ1) is 9.24. The molecule has 4 nitrogen and oxygen atoms in total. The van der Waals surface area contributed by atoms with E-state index in [-0.39, 0.29) is 6.04 Å². The predicted molar refractivity (Wildman–Crippen MR) is 77.5 cm³/mol. The van der Waals surface area contributed by atoms with Crippen LogP contribution in [0.15, 0.2) is 24.3 Å². The third-order valence-electron chi connectivity index (χ3n) is 3.00. The van der Waals surface area contributed by atoms with Gasteiger partial charge in [0.15, 0.2) is 0 Å². The standard InChI is InChI=1S/C14H19N3OS/c1-3-5-13-14(19-17-16-13)12(15)9-10-6-4-7-11(8-10)18-2/h4,6-8,12H,3,5,9,15H2,1-2H3. The van der Waals surface area contributed by atoms with Crippen molar-refractivity contribution in [1.82, 2.24) is 9.59 Å². The van der Waals surface area contributed by atoms with Crippen LogP contribution in [0, 0.1) is 0 Å². The van der Waals surface area contributed by atoms with Crippen molar-refractivity contribution in [2.75, 3.05) is 7.11 Å². The minimum Gasteiger partial charge on any atom is -0.497 e. The predicted octanol–water partition coefficient (Wildman–Crippen LogP) is 2.74. The van der Waals surface area contributed by atoms with Gasteiger partial charge in [-0.3, -0.25) is 0 Å². The number of methoxy groups -OCH3 is 1. The molecule has 0 aliphatic rings. The minimum absolute atomic E-state index is 0.0475. The molecule has 5 heteroatoms. The second-order valence-corrected chi connectivity index (χ2v) is 5.28. The van der Waals surface area contributed by atoms with E-state index in [1.807, 2.05) is 18.2 Å². The first-order valence-corrected chi connectivity index (χ1v) is 7.21. The second-order valence-electron chi connectivity index (χ2n) is 4.50. The Morgan fingerprint density at radius 1 is 1.42 bits per heavy atom. The fraction of sp³-hybridized carbons (Fsp3) is 0.429. The highest BCUT2D eigenvalue weighted by atomic mass is 32.1. The summed E-state index contributed by atoms with van der Waals surface area (Å²) in [6.07, 6.45) is 2.78. The molecule has 102 valence electrons. The maximum Gasteiger partial charge on any atom is 0.119 e. The maximum absolute atomic E-state index is 6.28. The first kappa shape index (κ1) is 14.0. The topological polar surface area (TPSA) is 61.0 Å². The van der Waals surface area contributed by atoms with Crippen molar-refractivity contribution in [2.45, 2.75) is 32.2 Å². The molecule has 0 saturated heterocycles. The van der Waals surface area contributed by atoms with Crippen LogP contribution in [0.3, 0.4) is 0 Å². The normalized spacial score (nSPS) is 12.4. The van der Waals surface area contributed by atoms with Gasteiger partial charge in [0, 0.05) is 6.04 Å². The lowest BCUT2D eigenvalue weighted by Crippen LogP contribution is -2.14. The molecule has 1 atom stereocenters. The summed E-state index contributed by atoms with van der Waals surface area (Å²) in [4.78, 5) is 1.10. The number of nitrogens with two attached hydrogens (primary N) is 1. The van der Waals surface area contributed by atoms with Gasteiger partial charge in [-0.15, -0.1) is 5.10 Å². The minimum atomic E-state index is -0.0475. The maximum atomic E-state index is 6.28. The molecule has 1 aromatic heterocycles. The monoisotopic (exact) mass is 277 g/mol.